The maximum atomic E-state index is 10.4. The highest BCUT2D eigenvalue weighted by Gasteiger charge is 2.35. The van der Waals surface area contributed by atoms with Crippen molar-refractivity contribution in [2.24, 2.45) is 17.5 Å². The van der Waals surface area contributed by atoms with Gasteiger partial charge in [0.05, 0.1) is 6.10 Å². The minimum absolute atomic E-state index is 0.0959. The average Bonchev–Trinajstić information content (AvgIpc) is 2.95. The fourth-order valence-electron chi connectivity index (χ4n) is 3.21. The van der Waals surface area contributed by atoms with Gasteiger partial charge in [-0.25, -0.2) is 4.99 Å². The van der Waals surface area contributed by atoms with Crippen LogP contribution in [0.4, 0.5) is 0 Å². The number of hydrogen-bond donors (Lipinski definition) is 3. The van der Waals surface area contributed by atoms with Gasteiger partial charge in [0.1, 0.15) is 12.4 Å². The van der Waals surface area contributed by atoms with E-state index in [1.807, 2.05) is 30.3 Å². The van der Waals surface area contributed by atoms with Gasteiger partial charge in [-0.15, -0.1) is 10.2 Å². The van der Waals surface area contributed by atoms with Crippen molar-refractivity contribution < 1.29 is 5.11 Å². The highest BCUT2D eigenvalue weighted by molar-refractivity contribution is 7.98. The van der Waals surface area contributed by atoms with Crippen LogP contribution in [0.2, 0.25) is 0 Å². The second-order valence-corrected chi connectivity index (χ2v) is 8.42. The number of guanidine groups is 1. The molecule has 2 unspecified atom stereocenters. The fourth-order valence-corrected chi connectivity index (χ4v) is 3.64. The number of aryl methyl sites for hydroxylation is 1. The number of nitrogens with one attached hydrogen (secondary N) is 2. The van der Waals surface area contributed by atoms with Crippen molar-refractivity contribution in [2.45, 2.75) is 58.6 Å². The van der Waals surface area contributed by atoms with Gasteiger partial charge in [0.15, 0.2) is 11.8 Å². The van der Waals surface area contributed by atoms with Crippen LogP contribution in [0, 0.1) is 12.3 Å². The first-order chi connectivity index (χ1) is 12.5. The first kappa shape index (κ1) is 21.0. The van der Waals surface area contributed by atoms with Gasteiger partial charge in [-0.1, -0.05) is 19.8 Å². The molecule has 3 N–H and O–H groups in total. The second-order valence-electron chi connectivity index (χ2n) is 7.43. The van der Waals surface area contributed by atoms with Gasteiger partial charge in [0.2, 0.25) is 0 Å². The van der Waals surface area contributed by atoms with Crippen molar-refractivity contribution in [1.82, 2.24) is 25.4 Å². The van der Waals surface area contributed by atoms with E-state index in [4.69, 9.17) is 0 Å². The Kier molecular flexibility index (Phi) is 8.21. The predicted octanol–water partition coefficient (Wildman–Crippen LogP) is 1.85. The molecule has 0 radical (unpaired) electrons. The van der Waals surface area contributed by atoms with E-state index in [0.29, 0.717) is 6.54 Å². The zero-order valence-corrected chi connectivity index (χ0v) is 17.4. The Morgan fingerprint density at radius 1 is 1.38 bits per heavy atom. The number of rotatable bonds is 8. The molecule has 1 saturated carbocycles. The third-order valence-electron chi connectivity index (χ3n) is 5.32. The molecule has 7 nitrogen and oxygen atoms in total. The SMILES string of the molecule is CSCCCNC(=NCc1nnc(C)n1C)NCC1(C)CCCCC1O. The van der Waals surface area contributed by atoms with E-state index in [9.17, 15) is 5.11 Å². The van der Waals surface area contributed by atoms with Crippen LogP contribution in [-0.4, -0.2) is 57.0 Å². The molecule has 0 aromatic carbocycles. The Hall–Kier alpha value is -1.28. The van der Waals surface area contributed by atoms with Crippen molar-refractivity contribution in [2.75, 3.05) is 25.1 Å². The third-order valence-corrected chi connectivity index (χ3v) is 6.02. The molecule has 0 bridgehead atoms. The monoisotopic (exact) mass is 382 g/mol. The molecule has 1 aromatic heterocycles. The molecule has 0 aliphatic heterocycles. The Balaban J connectivity index is 1.97. The van der Waals surface area contributed by atoms with E-state index in [1.165, 1.54) is 6.42 Å². The Bertz CT molecular complexity index is 590. The molecule has 148 valence electrons. The number of aromatic nitrogens is 3. The van der Waals surface area contributed by atoms with Crippen molar-refractivity contribution in [1.29, 1.82) is 0 Å². The lowest BCUT2D eigenvalue weighted by molar-refractivity contribution is 0.00397. The van der Waals surface area contributed by atoms with Crippen molar-refractivity contribution in [3.05, 3.63) is 11.6 Å². The zero-order chi connectivity index (χ0) is 19.0. The summed E-state index contributed by atoms with van der Waals surface area (Å²) in [6.07, 6.45) is 7.20. The summed E-state index contributed by atoms with van der Waals surface area (Å²) in [5, 5.41) is 25.5. The summed E-state index contributed by atoms with van der Waals surface area (Å²) >= 11 is 1.85. The van der Waals surface area contributed by atoms with Gasteiger partial charge in [-0.3, -0.25) is 0 Å². The molecule has 1 heterocycles. The van der Waals surface area contributed by atoms with Gasteiger partial charge in [-0.2, -0.15) is 11.8 Å². The lowest BCUT2D eigenvalue weighted by Crippen LogP contribution is -2.48. The van der Waals surface area contributed by atoms with Crippen LogP contribution in [-0.2, 0) is 13.6 Å². The van der Waals surface area contributed by atoms with E-state index in [1.54, 1.807) is 0 Å². The first-order valence-electron chi connectivity index (χ1n) is 9.50. The quantitative estimate of drug-likeness (QED) is 0.361. The third kappa shape index (κ3) is 5.87. The second kappa shape index (κ2) is 10.2. The number of nitrogens with zero attached hydrogens (tertiary/aromatic N) is 4. The van der Waals surface area contributed by atoms with Crippen LogP contribution < -0.4 is 10.6 Å². The maximum absolute atomic E-state index is 10.4. The van der Waals surface area contributed by atoms with Gasteiger partial charge in [0.25, 0.3) is 0 Å². The number of aliphatic hydroxyl groups excluding tert-OH is 1. The minimum atomic E-state index is -0.247. The smallest absolute Gasteiger partial charge is 0.191 e. The van der Waals surface area contributed by atoms with Gasteiger partial charge in [-0.05, 0) is 38.2 Å². The van der Waals surface area contributed by atoms with E-state index < -0.39 is 0 Å². The number of hydrogen-bond acceptors (Lipinski definition) is 5. The van der Waals surface area contributed by atoms with Gasteiger partial charge in [0, 0.05) is 25.6 Å². The molecule has 1 aromatic rings. The topological polar surface area (TPSA) is 87.4 Å². The molecule has 26 heavy (non-hydrogen) atoms. The molecule has 1 aliphatic rings. The molecule has 2 atom stereocenters. The highest BCUT2D eigenvalue weighted by Crippen LogP contribution is 2.35. The summed E-state index contributed by atoms with van der Waals surface area (Å²) in [7, 11) is 1.96. The molecule has 1 fully saturated rings. The van der Waals surface area contributed by atoms with Crippen molar-refractivity contribution >= 4 is 17.7 Å². The number of aliphatic hydroxyl groups is 1. The summed E-state index contributed by atoms with van der Waals surface area (Å²) in [5.74, 6) is 3.64. The first-order valence-corrected chi connectivity index (χ1v) is 10.9. The molecule has 1 aliphatic carbocycles. The van der Waals surface area contributed by atoms with Crippen LogP contribution in [0.5, 0.6) is 0 Å². The van der Waals surface area contributed by atoms with E-state index in [0.717, 1.165) is 62.1 Å². The standard InChI is InChI=1S/C18H34N6OS/c1-14-22-23-16(24(14)3)12-20-17(19-10-7-11-26-4)21-13-18(2)9-6-5-8-15(18)25/h15,25H,5-13H2,1-4H3,(H2,19,20,21). The highest BCUT2D eigenvalue weighted by atomic mass is 32.2. The summed E-state index contributed by atoms with van der Waals surface area (Å²) in [4.78, 5) is 4.69. The summed E-state index contributed by atoms with van der Waals surface area (Å²) < 4.78 is 1.96. The predicted molar refractivity (Wildman–Crippen MR) is 108 cm³/mol. The number of thioether (sulfide) groups is 1. The summed E-state index contributed by atoms with van der Waals surface area (Å²) in [5.41, 5.74) is -0.0959. The van der Waals surface area contributed by atoms with Crippen LogP contribution in [0.25, 0.3) is 0 Å². The molecular formula is C18H34N6OS. The lowest BCUT2D eigenvalue weighted by Gasteiger charge is -2.38. The summed E-state index contributed by atoms with van der Waals surface area (Å²) in [6, 6.07) is 0. The van der Waals surface area contributed by atoms with Crippen LogP contribution >= 0.6 is 11.8 Å². The van der Waals surface area contributed by atoms with Gasteiger partial charge < -0.3 is 20.3 Å². The Morgan fingerprint density at radius 2 is 2.19 bits per heavy atom. The number of aliphatic imine (C=N–C) groups is 1. The van der Waals surface area contributed by atoms with E-state index in [2.05, 4.69) is 39.0 Å². The van der Waals surface area contributed by atoms with E-state index >= 15 is 0 Å². The molecule has 8 heteroatoms. The molecule has 0 amide bonds. The van der Waals surface area contributed by atoms with Gasteiger partial charge >= 0.3 is 0 Å². The Labute approximate surface area is 161 Å². The summed E-state index contributed by atoms with van der Waals surface area (Å²) in [6.45, 7) is 6.19. The molecule has 0 saturated heterocycles. The average molecular weight is 383 g/mol. The molecule has 2 rings (SSSR count). The van der Waals surface area contributed by atoms with Crippen LogP contribution in [0.1, 0.15) is 50.7 Å². The van der Waals surface area contributed by atoms with Crippen LogP contribution in [0.3, 0.4) is 0 Å². The lowest BCUT2D eigenvalue weighted by atomic mass is 9.73. The minimum Gasteiger partial charge on any atom is -0.392 e. The van der Waals surface area contributed by atoms with Crippen molar-refractivity contribution in [3.8, 4) is 0 Å². The zero-order valence-electron chi connectivity index (χ0n) is 16.6. The molecular weight excluding hydrogens is 348 g/mol. The largest absolute Gasteiger partial charge is 0.392 e. The maximum Gasteiger partial charge on any atom is 0.191 e. The van der Waals surface area contributed by atoms with Crippen molar-refractivity contribution in [3.63, 3.8) is 0 Å². The fraction of sp³-hybridized carbons (Fsp3) is 0.833. The Morgan fingerprint density at radius 3 is 2.85 bits per heavy atom. The normalized spacial score (nSPS) is 23.9. The van der Waals surface area contributed by atoms with E-state index in [-0.39, 0.29) is 11.5 Å². The van der Waals surface area contributed by atoms with Crippen LogP contribution in [0.15, 0.2) is 4.99 Å². The molecule has 0 spiro atoms.